The van der Waals surface area contributed by atoms with Gasteiger partial charge in [0.05, 0.1) is 24.8 Å². The highest BCUT2D eigenvalue weighted by Crippen LogP contribution is 2.41. The number of pyridine rings is 1. The lowest BCUT2D eigenvalue weighted by Crippen LogP contribution is -2.47. The number of nitrogens with one attached hydrogen (secondary N) is 1. The molecule has 3 unspecified atom stereocenters. The lowest BCUT2D eigenvalue weighted by atomic mass is 9.86. The van der Waals surface area contributed by atoms with Gasteiger partial charge < -0.3 is 34.9 Å². The van der Waals surface area contributed by atoms with Crippen LogP contribution in [0.2, 0.25) is 0 Å². The number of hydrogen-bond donors (Lipinski definition) is 2. The van der Waals surface area contributed by atoms with E-state index in [0.29, 0.717) is 36.8 Å². The van der Waals surface area contributed by atoms with Gasteiger partial charge in [0, 0.05) is 75.0 Å². The first-order chi connectivity index (χ1) is 18.5. The third-order valence-corrected chi connectivity index (χ3v) is 8.86. The van der Waals surface area contributed by atoms with Crippen LogP contribution in [-0.2, 0) is 13.6 Å². The molecule has 9 nitrogen and oxygen atoms in total. The first kappa shape index (κ1) is 27.0. The van der Waals surface area contributed by atoms with Gasteiger partial charge in [0.2, 0.25) is 0 Å². The summed E-state index contributed by atoms with van der Waals surface area (Å²) in [4.78, 5) is 26.7. The van der Waals surface area contributed by atoms with E-state index in [1.54, 1.807) is 35.8 Å². The number of aromatic nitrogens is 2. The average molecular weight is 533 g/mol. The lowest BCUT2D eigenvalue weighted by Gasteiger charge is -2.47. The number of hydrogen-bond acceptors (Lipinski definition) is 5. The number of benzene rings is 1. The predicted molar refractivity (Wildman–Crippen MR) is 154 cm³/mol. The van der Waals surface area contributed by atoms with Gasteiger partial charge in [-0.15, -0.1) is 0 Å². The molecule has 0 spiro atoms. The van der Waals surface area contributed by atoms with Gasteiger partial charge in [-0.25, -0.2) is 0 Å². The van der Waals surface area contributed by atoms with Crippen molar-refractivity contribution in [2.24, 2.45) is 13.0 Å². The summed E-state index contributed by atoms with van der Waals surface area (Å²) in [6.07, 6.45) is 3.40. The number of carbonyl (C=O) groups excluding carboxylic acids is 1. The molecule has 3 atom stereocenters. The molecule has 1 aromatic carbocycles. The van der Waals surface area contributed by atoms with Crippen LogP contribution >= 0.6 is 0 Å². The number of fused-ring (bicyclic) bond motifs is 1. The van der Waals surface area contributed by atoms with Gasteiger partial charge in [0.15, 0.2) is 0 Å². The lowest BCUT2D eigenvalue weighted by molar-refractivity contribution is -0.899. The first-order valence-electron chi connectivity index (χ1n) is 13.8. The normalized spacial score (nSPS) is 26.5. The van der Waals surface area contributed by atoms with Crippen molar-refractivity contribution in [2.75, 3.05) is 38.2 Å². The zero-order valence-electron chi connectivity index (χ0n) is 23.6. The third kappa shape index (κ3) is 5.08. The van der Waals surface area contributed by atoms with Crippen molar-refractivity contribution in [1.29, 1.82) is 0 Å². The molecule has 2 aliphatic heterocycles. The fourth-order valence-corrected chi connectivity index (χ4v) is 6.26. The van der Waals surface area contributed by atoms with Crippen molar-refractivity contribution in [3.63, 3.8) is 0 Å². The van der Waals surface area contributed by atoms with E-state index in [2.05, 4.69) is 29.8 Å². The second kappa shape index (κ2) is 10.2. The summed E-state index contributed by atoms with van der Waals surface area (Å²) >= 11 is 0. The van der Waals surface area contributed by atoms with Crippen molar-refractivity contribution < 1.29 is 9.44 Å². The van der Waals surface area contributed by atoms with Crippen LogP contribution in [0, 0.1) is 11.1 Å². The molecule has 5 rings (SSSR count). The second-order valence-corrected chi connectivity index (χ2v) is 11.7. The van der Waals surface area contributed by atoms with E-state index in [0.717, 1.165) is 29.9 Å². The van der Waals surface area contributed by atoms with Gasteiger partial charge in [0.25, 0.3) is 11.5 Å². The number of nitrogens with zero attached hydrogens (tertiary/aromatic N) is 4. The van der Waals surface area contributed by atoms with Crippen molar-refractivity contribution >= 4 is 17.4 Å². The molecule has 0 saturated carbocycles. The van der Waals surface area contributed by atoms with E-state index in [1.807, 2.05) is 31.3 Å². The fourth-order valence-electron chi connectivity index (χ4n) is 6.26. The maximum atomic E-state index is 13.9. The average Bonchev–Trinajstić information content (AvgIpc) is 3.19. The molecule has 0 radical (unpaired) electrons. The Balaban J connectivity index is 1.34. The van der Waals surface area contributed by atoms with E-state index in [9.17, 15) is 14.8 Å². The third-order valence-electron chi connectivity index (χ3n) is 8.86. The van der Waals surface area contributed by atoms with Gasteiger partial charge >= 0.3 is 0 Å². The van der Waals surface area contributed by atoms with Gasteiger partial charge in [-0.3, -0.25) is 9.59 Å². The summed E-state index contributed by atoms with van der Waals surface area (Å²) in [7, 11) is 5.51. The van der Waals surface area contributed by atoms with E-state index < -0.39 is 0 Å². The molecule has 1 fully saturated rings. The van der Waals surface area contributed by atoms with Gasteiger partial charge in [0.1, 0.15) is 12.4 Å². The number of hydroxylamine groups is 3. The van der Waals surface area contributed by atoms with Gasteiger partial charge in [-0.2, -0.15) is 0 Å². The number of anilines is 2. The number of nitrogens with two attached hydrogens (primary N) is 1. The maximum absolute atomic E-state index is 13.9. The number of nitrogen functional groups attached to an aromatic ring is 1. The van der Waals surface area contributed by atoms with Crippen LogP contribution in [-0.4, -0.2) is 57.8 Å². The SMILES string of the molecule is CC1Nc2c(cc(C[N+]3([O-])CCC(c4ccc(C(=O)N(C)C)cc4)CC3)n2C)C(n2ccc(N)cc2=O)C1C. The molecule has 0 aliphatic carbocycles. The van der Waals surface area contributed by atoms with Crippen molar-refractivity contribution in [3.05, 3.63) is 86.6 Å². The highest BCUT2D eigenvalue weighted by atomic mass is 16.5. The van der Waals surface area contributed by atoms with Crippen molar-refractivity contribution in [2.45, 2.75) is 51.2 Å². The molecule has 39 heavy (non-hydrogen) atoms. The minimum absolute atomic E-state index is 0.00696. The maximum Gasteiger partial charge on any atom is 0.253 e. The van der Waals surface area contributed by atoms with Crippen LogP contribution in [0.15, 0.2) is 53.5 Å². The Morgan fingerprint density at radius 2 is 1.79 bits per heavy atom. The topological polar surface area (TPSA) is 108 Å². The van der Waals surface area contributed by atoms with E-state index in [1.165, 1.54) is 11.6 Å². The van der Waals surface area contributed by atoms with E-state index in [4.69, 9.17) is 5.73 Å². The summed E-state index contributed by atoms with van der Waals surface area (Å²) in [5.41, 5.74) is 10.1. The van der Waals surface area contributed by atoms with Gasteiger partial charge in [-0.05, 0) is 42.7 Å². The molecule has 3 N–H and O–H groups in total. The molecule has 208 valence electrons. The molecule has 2 aliphatic rings. The summed E-state index contributed by atoms with van der Waals surface area (Å²) in [6, 6.07) is 13.2. The van der Waals surface area contributed by atoms with Gasteiger partial charge in [-0.1, -0.05) is 19.1 Å². The molecule has 2 aromatic heterocycles. The molecule has 4 heterocycles. The Kier molecular flexibility index (Phi) is 7.07. The predicted octanol–water partition coefficient (Wildman–Crippen LogP) is 3.90. The Labute approximate surface area is 230 Å². The van der Waals surface area contributed by atoms with Crippen LogP contribution < -0.4 is 16.6 Å². The van der Waals surface area contributed by atoms with Crippen LogP contribution in [0.4, 0.5) is 11.5 Å². The molecule has 1 saturated heterocycles. The Morgan fingerprint density at radius 3 is 2.41 bits per heavy atom. The Bertz CT molecular complexity index is 1420. The minimum Gasteiger partial charge on any atom is -0.633 e. The first-order valence-corrected chi connectivity index (χ1v) is 13.8. The molecular weight excluding hydrogens is 492 g/mol. The highest BCUT2D eigenvalue weighted by molar-refractivity contribution is 5.93. The van der Waals surface area contributed by atoms with Crippen LogP contribution in [0.1, 0.15) is 65.8 Å². The molecular formula is C30H40N6O3. The Morgan fingerprint density at radius 1 is 1.13 bits per heavy atom. The summed E-state index contributed by atoms with van der Waals surface area (Å²) in [5.74, 6) is 1.45. The summed E-state index contributed by atoms with van der Waals surface area (Å²) in [5, 5.41) is 17.5. The zero-order chi connectivity index (χ0) is 28.1. The van der Waals surface area contributed by atoms with Crippen molar-refractivity contribution in [3.8, 4) is 0 Å². The van der Waals surface area contributed by atoms with E-state index in [-0.39, 0.29) is 34.1 Å². The number of amides is 1. The van der Waals surface area contributed by atoms with Crippen LogP contribution in [0.5, 0.6) is 0 Å². The molecule has 9 heteroatoms. The quantitative estimate of drug-likeness (QED) is 0.383. The minimum atomic E-state index is -0.262. The standard InChI is InChI=1S/C30H40N6O3/c1-19-20(2)32-29-26(28(19)35-13-10-24(31)16-27(35)37)17-25(34(29)5)18-36(39)14-11-22(12-15-36)21-6-8-23(9-7-21)30(38)33(3)4/h6-10,13,16-17,19-20,22,28,32H,11-12,14-15,18,31H2,1-5H3. The molecule has 0 bridgehead atoms. The molecule has 3 aromatic rings. The number of likely N-dealkylation sites (tertiary alicyclic amines) is 1. The Hall–Kier alpha value is -3.56. The number of quaternary nitrogens is 1. The number of rotatable bonds is 5. The smallest absolute Gasteiger partial charge is 0.253 e. The second-order valence-electron chi connectivity index (χ2n) is 11.7. The highest BCUT2D eigenvalue weighted by Gasteiger charge is 2.37. The van der Waals surface area contributed by atoms with Crippen molar-refractivity contribution in [1.82, 2.24) is 14.0 Å². The monoisotopic (exact) mass is 532 g/mol. The summed E-state index contributed by atoms with van der Waals surface area (Å²) < 4.78 is 3.60. The number of piperidine rings is 1. The van der Waals surface area contributed by atoms with Crippen LogP contribution in [0.3, 0.4) is 0 Å². The summed E-state index contributed by atoms with van der Waals surface area (Å²) in [6.45, 7) is 5.75. The zero-order valence-corrected chi connectivity index (χ0v) is 23.6. The van der Waals surface area contributed by atoms with E-state index >= 15 is 0 Å². The molecule has 1 amide bonds. The number of carbonyl (C=O) groups is 1. The largest absolute Gasteiger partial charge is 0.633 e. The fraction of sp³-hybridized carbons (Fsp3) is 0.467. The van der Waals surface area contributed by atoms with Crippen LogP contribution in [0.25, 0.3) is 0 Å².